The van der Waals surface area contributed by atoms with Gasteiger partial charge in [0.05, 0.1) is 4.88 Å². The molecule has 2 heterocycles. The van der Waals surface area contributed by atoms with E-state index in [-0.39, 0.29) is 0 Å². The molecule has 0 fully saturated rings. The van der Waals surface area contributed by atoms with E-state index in [9.17, 15) is 0 Å². The van der Waals surface area contributed by atoms with Gasteiger partial charge in [0.15, 0.2) is 11.0 Å². The Hall–Kier alpha value is -1.59. The zero-order valence-corrected chi connectivity index (χ0v) is 13.5. The first-order chi connectivity index (χ1) is 10.4. The number of hydrogen-bond donors (Lipinski definition) is 0. The van der Waals surface area contributed by atoms with Gasteiger partial charge in [0.1, 0.15) is 0 Å². The van der Waals surface area contributed by atoms with E-state index in [0.717, 1.165) is 29.7 Å². The van der Waals surface area contributed by atoms with Gasteiger partial charge in [0.25, 0.3) is 0 Å². The summed E-state index contributed by atoms with van der Waals surface area (Å²) in [4.78, 5) is 1.18. The van der Waals surface area contributed by atoms with Gasteiger partial charge < -0.3 is 4.57 Å². The lowest BCUT2D eigenvalue weighted by molar-refractivity contribution is 0.640. The summed E-state index contributed by atoms with van der Waals surface area (Å²) >= 11 is 3.46. The van der Waals surface area contributed by atoms with Gasteiger partial charge in [0.2, 0.25) is 0 Å². The molecule has 0 atom stereocenters. The predicted octanol–water partition coefficient (Wildman–Crippen LogP) is 4.36. The molecule has 5 heteroatoms. The second-order valence-corrected chi connectivity index (χ2v) is 6.78. The highest BCUT2D eigenvalue weighted by atomic mass is 32.2. The average Bonchev–Trinajstić information content (AvgIpc) is 3.16. The number of thioether (sulfide) groups is 1. The fraction of sp³-hybridized carbons (Fsp3) is 0.250. The molecule has 2 aromatic heterocycles. The molecule has 0 unspecified atom stereocenters. The van der Waals surface area contributed by atoms with Crippen LogP contribution in [0.15, 0.2) is 53.0 Å². The van der Waals surface area contributed by atoms with E-state index >= 15 is 0 Å². The summed E-state index contributed by atoms with van der Waals surface area (Å²) in [5, 5.41) is 11.8. The molecule has 1 aromatic carbocycles. The third-order valence-corrected chi connectivity index (χ3v) is 4.91. The highest BCUT2D eigenvalue weighted by Gasteiger charge is 2.14. The lowest BCUT2D eigenvalue weighted by atomic mass is 10.1. The zero-order valence-electron chi connectivity index (χ0n) is 11.9. The van der Waals surface area contributed by atoms with Gasteiger partial charge in [0, 0.05) is 6.54 Å². The van der Waals surface area contributed by atoms with Crippen molar-refractivity contribution in [3.05, 3.63) is 53.4 Å². The van der Waals surface area contributed by atoms with Gasteiger partial charge in [-0.1, -0.05) is 55.1 Å². The van der Waals surface area contributed by atoms with Crippen LogP contribution in [-0.4, -0.2) is 20.5 Å². The molecule has 0 spiro atoms. The highest BCUT2D eigenvalue weighted by molar-refractivity contribution is 7.99. The Morgan fingerprint density at radius 3 is 2.67 bits per heavy atom. The zero-order chi connectivity index (χ0) is 14.5. The fourth-order valence-corrected chi connectivity index (χ4v) is 3.61. The third-order valence-electron chi connectivity index (χ3n) is 3.20. The van der Waals surface area contributed by atoms with Crippen LogP contribution >= 0.6 is 23.1 Å². The van der Waals surface area contributed by atoms with Gasteiger partial charge in [-0.3, -0.25) is 0 Å². The van der Waals surface area contributed by atoms with E-state index in [4.69, 9.17) is 0 Å². The lowest BCUT2D eigenvalue weighted by Gasteiger charge is -2.09. The van der Waals surface area contributed by atoms with Crippen molar-refractivity contribution in [3.8, 4) is 10.7 Å². The summed E-state index contributed by atoms with van der Waals surface area (Å²) in [7, 11) is 0. The maximum Gasteiger partial charge on any atom is 0.191 e. The summed E-state index contributed by atoms with van der Waals surface area (Å²) in [5.41, 5.74) is 1.34. The van der Waals surface area contributed by atoms with Crippen molar-refractivity contribution < 1.29 is 0 Å². The predicted molar refractivity (Wildman–Crippen MR) is 89.9 cm³/mol. The van der Waals surface area contributed by atoms with Gasteiger partial charge in [-0.15, -0.1) is 21.5 Å². The Kier molecular flexibility index (Phi) is 4.72. The van der Waals surface area contributed by atoms with Crippen molar-refractivity contribution in [3.63, 3.8) is 0 Å². The normalized spacial score (nSPS) is 10.9. The van der Waals surface area contributed by atoms with Crippen LogP contribution in [0.3, 0.4) is 0 Å². The molecule has 0 N–H and O–H groups in total. The Morgan fingerprint density at radius 1 is 1.10 bits per heavy atom. The topological polar surface area (TPSA) is 30.7 Å². The Morgan fingerprint density at radius 2 is 1.95 bits per heavy atom. The summed E-state index contributed by atoms with van der Waals surface area (Å²) in [5.74, 6) is 1.99. The van der Waals surface area contributed by atoms with Crippen LogP contribution in [0.1, 0.15) is 12.5 Å². The first-order valence-electron chi connectivity index (χ1n) is 7.02. The monoisotopic (exact) mass is 315 g/mol. The number of aromatic nitrogens is 3. The van der Waals surface area contributed by atoms with Crippen molar-refractivity contribution in [1.82, 2.24) is 14.8 Å². The molecule has 3 nitrogen and oxygen atoms in total. The van der Waals surface area contributed by atoms with Crippen LogP contribution < -0.4 is 0 Å². The van der Waals surface area contributed by atoms with E-state index in [1.165, 1.54) is 10.4 Å². The largest absolute Gasteiger partial charge is 0.301 e. The van der Waals surface area contributed by atoms with Gasteiger partial charge in [-0.05, 0) is 29.2 Å². The summed E-state index contributed by atoms with van der Waals surface area (Å²) in [6, 6.07) is 14.7. The number of benzene rings is 1. The van der Waals surface area contributed by atoms with E-state index in [1.54, 1.807) is 23.1 Å². The second kappa shape index (κ2) is 6.91. The summed E-state index contributed by atoms with van der Waals surface area (Å²) < 4.78 is 2.24. The van der Waals surface area contributed by atoms with E-state index in [2.05, 4.69) is 69.5 Å². The van der Waals surface area contributed by atoms with Crippen LogP contribution in [-0.2, 0) is 13.0 Å². The molecule has 0 aliphatic rings. The van der Waals surface area contributed by atoms with E-state index < -0.39 is 0 Å². The van der Waals surface area contributed by atoms with Crippen molar-refractivity contribution in [1.29, 1.82) is 0 Å². The SMILES string of the molecule is CCSc1nnc(-c2cccs2)n1CCc1ccccc1. The minimum atomic E-state index is 0.909. The van der Waals surface area contributed by atoms with Gasteiger partial charge >= 0.3 is 0 Å². The molecule has 0 radical (unpaired) electrons. The quantitative estimate of drug-likeness (QED) is 0.633. The summed E-state index contributed by atoms with van der Waals surface area (Å²) in [6.45, 7) is 3.05. The molecule has 21 heavy (non-hydrogen) atoms. The van der Waals surface area contributed by atoms with Crippen molar-refractivity contribution >= 4 is 23.1 Å². The van der Waals surface area contributed by atoms with Gasteiger partial charge in [-0.25, -0.2) is 0 Å². The van der Waals surface area contributed by atoms with Crippen LogP contribution in [0.25, 0.3) is 10.7 Å². The molecule has 0 aliphatic heterocycles. The maximum atomic E-state index is 4.39. The molecule has 0 amide bonds. The van der Waals surface area contributed by atoms with E-state index in [1.807, 2.05) is 0 Å². The van der Waals surface area contributed by atoms with Crippen molar-refractivity contribution in [2.45, 2.75) is 25.0 Å². The number of thiophene rings is 1. The smallest absolute Gasteiger partial charge is 0.191 e. The maximum absolute atomic E-state index is 4.39. The molecule has 108 valence electrons. The fourth-order valence-electron chi connectivity index (χ4n) is 2.20. The average molecular weight is 315 g/mol. The standard InChI is InChI=1S/C16H17N3S2/c1-2-20-16-18-17-15(14-9-6-12-21-14)19(16)11-10-13-7-4-3-5-8-13/h3-9,12H,2,10-11H2,1H3. The lowest BCUT2D eigenvalue weighted by Crippen LogP contribution is -2.05. The number of hydrogen-bond acceptors (Lipinski definition) is 4. The molecule has 0 aliphatic carbocycles. The molecular formula is C16H17N3S2. The summed E-state index contributed by atoms with van der Waals surface area (Å²) in [6.07, 6.45) is 0.995. The molecule has 0 bridgehead atoms. The molecule has 0 saturated carbocycles. The van der Waals surface area contributed by atoms with Crippen molar-refractivity contribution in [2.24, 2.45) is 0 Å². The highest BCUT2D eigenvalue weighted by Crippen LogP contribution is 2.27. The van der Waals surface area contributed by atoms with Gasteiger partial charge in [-0.2, -0.15) is 0 Å². The third kappa shape index (κ3) is 3.36. The Labute approximate surface area is 133 Å². The number of rotatable bonds is 6. The van der Waals surface area contributed by atoms with Crippen LogP contribution in [0.4, 0.5) is 0 Å². The van der Waals surface area contributed by atoms with Crippen molar-refractivity contribution in [2.75, 3.05) is 5.75 Å². The molecule has 0 saturated heterocycles. The number of nitrogens with zero attached hydrogens (tertiary/aromatic N) is 3. The van der Waals surface area contributed by atoms with Crippen LogP contribution in [0, 0.1) is 0 Å². The second-order valence-electron chi connectivity index (χ2n) is 4.60. The van der Waals surface area contributed by atoms with E-state index in [0.29, 0.717) is 0 Å². The molecular weight excluding hydrogens is 298 g/mol. The van der Waals surface area contributed by atoms with Crippen LogP contribution in [0.5, 0.6) is 0 Å². The molecule has 3 rings (SSSR count). The minimum absolute atomic E-state index is 0.909. The Bertz CT molecular complexity index is 675. The molecule has 3 aromatic rings. The minimum Gasteiger partial charge on any atom is -0.301 e. The first kappa shape index (κ1) is 14.4. The first-order valence-corrected chi connectivity index (χ1v) is 8.89. The Balaban J connectivity index is 1.86. The number of aryl methyl sites for hydroxylation is 1. The van der Waals surface area contributed by atoms with Crippen LogP contribution in [0.2, 0.25) is 0 Å².